The Bertz CT molecular complexity index is 537. The molecule has 4 heteroatoms. The van der Waals surface area contributed by atoms with Gasteiger partial charge in [0.15, 0.2) is 0 Å². The monoisotopic (exact) mass is 673 g/mol. The van der Waals surface area contributed by atoms with Gasteiger partial charge < -0.3 is 48.0 Å². The van der Waals surface area contributed by atoms with Gasteiger partial charge in [-0.3, -0.25) is 0 Å². The molecule has 0 radical (unpaired) electrons. The van der Waals surface area contributed by atoms with Gasteiger partial charge in [0.05, 0.1) is 0 Å². The third-order valence-corrected chi connectivity index (χ3v) is 30.6. The van der Waals surface area contributed by atoms with Crippen molar-refractivity contribution in [3.63, 3.8) is 0 Å². The Balaban J connectivity index is 0.00000312. The molecule has 0 nitrogen and oxygen atoms in total. The summed E-state index contributed by atoms with van der Waals surface area (Å²) in [4.78, 5) is 0. The zero-order chi connectivity index (χ0) is 17.7. The van der Waals surface area contributed by atoms with Gasteiger partial charge in [0, 0.05) is 0 Å². The molecule has 0 unspecified atom stereocenters. The Labute approximate surface area is 205 Å². The standard InChI is InChI=1S/2C9H13.C4H11Si.2HI.Zr/c2*1-3-5-9-7-4-6-8(9)2;1-3-5-4-2;;;/h2*6H,3-5H2,1-2H3;5H,3-4H2,1-2H3;2*1H;/q;;;;;+2/p-2. The summed E-state index contributed by atoms with van der Waals surface area (Å²) in [5.74, 6) is -0.581. The second kappa shape index (κ2) is 13.7. The molecule has 0 bridgehead atoms. The van der Waals surface area contributed by atoms with Crippen molar-refractivity contribution in [1.29, 1.82) is 0 Å². The molecule has 0 aromatic heterocycles. The molecule has 0 N–H and O–H groups in total. The van der Waals surface area contributed by atoms with Crippen LogP contribution in [0.2, 0.25) is 12.1 Å². The van der Waals surface area contributed by atoms with Crippen LogP contribution in [0.4, 0.5) is 0 Å². The molecule has 26 heavy (non-hydrogen) atoms. The van der Waals surface area contributed by atoms with E-state index in [-0.39, 0.29) is 48.0 Å². The first kappa shape index (κ1) is 27.5. The van der Waals surface area contributed by atoms with E-state index < -0.39 is 26.8 Å². The molecule has 2 rings (SSSR count). The van der Waals surface area contributed by atoms with Crippen molar-refractivity contribution in [2.24, 2.45) is 0 Å². The van der Waals surface area contributed by atoms with E-state index in [1.165, 1.54) is 50.6 Å². The summed E-state index contributed by atoms with van der Waals surface area (Å²) in [5, 5.41) is 0. The quantitative estimate of drug-likeness (QED) is 0.255. The maximum Gasteiger partial charge on any atom is -1.00 e. The molecular weight excluding hydrogens is 637 g/mol. The van der Waals surface area contributed by atoms with E-state index in [9.17, 15) is 0 Å². The fraction of sp³-hybridized carbons (Fsp3) is 0.636. The van der Waals surface area contributed by atoms with E-state index in [0.29, 0.717) is 0 Å². The first-order chi connectivity index (χ1) is 11.6. The predicted octanol–water partition coefficient (Wildman–Crippen LogP) is 1.18. The summed E-state index contributed by atoms with van der Waals surface area (Å²) < 4.78 is 4.06. The molecule has 0 atom stereocenters. The van der Waals surface area contributed by atoms with Gasteiger partial charge in [0.25, 0.3) is 0 Å². The van der Waals surface area contributed by atoms with Gasteiger partial charge in [-0.25, -0.2) is 0 Å². The Morgan fingerprint density at radius 1 is 0.769 bits per heavy atom. The van der Waals surface area contributed by atoms with Gasteiger partial charge in [0.2, 0.25) is 0 Å². The van der Waals surface area contributed by atoms with E-state index in [1.807, 2.05) is 17.7 Å². The third-order valence-electron chi connectivity index (χ3n) is 5.95. The van der Waals surface area contributed by atoms with Gasteiger partial charge in [0.1, 0.15) is 0 Å². The van der Waals surface area contributed by atoms with E-state index >= 15 is 0 Å². The number of rotatable bonds is 9. The maximum absolute atomic E-state index is 2.56. The Hall–Kier alpha value is 1.52. The van der Waals surface area contributed by atoms with Crippen LogP contribution >= 0.6 is 0 Å². The molecule has 2 aliphatic rings. The average Bonchev–Trinajstić information content (AvgIpc) is 3.11. The van der Waals surface area contributed by atoms with Gasteiger partial charge in [-0.2, -0.15) is 0 Å². The molecule has 0 saturated heterocycles. The van der Waals surface area contributed by atoms with Crippen molar-refractivity contribution in [2.75, 3.05) is 0 Å². The van der Waals surface area contributed by atoms with E-state index in [2.05, 4.69) is 53.7 Å². The maximum atomic E-state index is 2.56. The number of halogens is 2. The Kier molecular flexibility index (Phi) is 14.5. The molecular formula is C22H37I2SiZr. The van der Waals surface area contributed by atoms with Crippen molar-refractivity contribution in [3.8, 4) is 0 Å². The molecule has 0 spiro atoms. The van der Waals surface area contributed by atoms with Gasteiger partial charge >= 0.3 is 160 Å². The molecule has 147 valence electrons. The summed E-state index contributed by atoms with van der Waals surface area (Å²) in [5.41, 5.74) is 6.90. The first-order valence-electron chi connectivity index (χ1n) is 10.2. The molecule has 0 saturated carbocycles. The largest absolute Gasteiger partial charge is 1.00 e. The summed E-state index contributed by atoms with van der Waals surface area (Å²) in [6.45, 7) is 14.5. The van der Waals surface area contributed by atoms with Crippen molar-refractivity contribution in [3.05, 3.63) is 41.0 Å². The van der Waals surface area contributed by atoms with Crippen LogP contribution in [-0.2, 0) is 20.9 Å². The van der Waals surface area contributed by atoms with Crippen molar-refractivity contribution in [1.82, 2.24) is 0 Å². The summed E-state index contributed by atoms with van der Waals surface area (Å²) in [7, 11) is 0. The molecule has 0 fully saturated rings. The van der Waals surface area contributed by atoms with Crippen molar-refractivity contribution in [2.45, 2.75) is 92.2 Å². The minimum absolute atomic E-state index is 0. The van der Waals surface area contributed by atoms with E-state index in [1.54, 1.807) is 11.1 Å². The Morgan fingerprint density at radius 3 is 1.46 bits per heavy atom. The average molecular weight is 675 g/mol. The van der Waals surface area contributed by atoms with Crippen LogP contribution in [0.1, 0.15) is 80.1 Å². The van der Waals surface area contributed by atoms with Crippen LogP contribution in [0.3, 0.4) is 0 Å². The predicted molar refractivity (Wildman–Crippen MR) is 109 cm³/mol. The molecule has 2 aliphatic carbocycles. The molecule has 0 aromatic carbocycles. The molecule has 0 amide bonds. The summed E-state index contributed by atoms with van der Waals surface area (Å²) in [6, 6.07) is 3.05. The topological polar surface area (TPSA) is 0 Å². The van der Waals surface area contributed by atoms with Crippen LogP contribution in [0.25, 0.3) is 0 Å². The summed E-state index contributed by atoms with van der Waals surface area (Å²) >= 11 is -1.64. The number of hydrogen-bond donors (Lipinski definition) is 0. The first-order valence-corrected chi connectivity index (χ1v) is 19.2. The number of hydrogen-bond acceptors (Lipinski definition) is 0. The second-order valence-electron chi connectivity index (χ2n) is 7.52. The normalized spacial score (nSPS) is 16.6. The molecule has 0 aliphatic heterocycles. The molecule has 0 heterocycles. The van der Waals surface area contributed by atoms with Crippen molar-refractivity contribution < 1.29 is 68.9 Å². The SMILES string of the molecule is CCCC1=[C]([Zr+2]([C]2=C(CCC)C(C)=CC2)[SiH](CC)CC)CC=C1C.[I-].[I-]. The van der Waals surface area contributed by atoms with Crippen LogP contribution < -0.4 is 48.0 Å². The Morgan fingerprint density at radius 2 is 1.15 bits per heavy atom. The third kappa shape index (κ3) is 6.26. The van der Waals surface area contributed by atoms with Crippen LogP contribution in [-0.4, -0.2) is 5.92 Å². The second-order valence-corrected chi connectivity index (χ2v) is 25.0. The smallest absolute Gasteiger partial charge is 1.00 e. The molecule has 0 aromatic rings. The van der Waals surface area contributed by atoms with Gasteiger partial charge in [-0.1, -0.05) is 0 Å². The zero-order valence-electron chi connectivity index (χ0n) is 17.6. The van der Waals surface area contributed by atoms with E-state index in [4.69, 9.17) is 0 Å². The minimum Gasteiger partial charge on any atom is -1.00 e. The van der Waals surface area contributed by atoms with Crippen molar-refractivity contribution >= 4 is 5.92 Å². The van der Waals surface area contributed by atoms with Gasteiger partial charge in [-0.05, 0) is 0 Å². The fourth-order valence-corrected chi connectivity index (χ4v) is 29.4. The van der Waals surface area contributed by atoms with E-state index in [0.717, 1.165) is 0 Å². The number of allylic oxidation sites excluding steroid dienone is 8. The van der Waals surface area contributed by atoms with Crippen LogP contribution in [0, 0.1) is 0 Å². The zero-order valence-corrected chi connectivity index (χ0v) is 25.6. The van der Waals surface area contributed by atoms with Gasteiger partial charge in [-0.15, -0.1) is 0 Å². The minimum atomic E-state index is -1.64. The fourth-order valence-electron chi connectivity index (χ4n) is 4.59. The van der Waals surface area contributed by atoms with Crippen LogP contribution in [0.15, 0.2) is 41.0 Å². The van der Waals surface area contributed by atoms with Crippen LogP contribution in [0.5, 0.6) is 0 Å². The summed E-state index contributed by atoms with van der Waals surface area (Å²) in [6.07, 6.45) is 13.0.